The lowest BCUT2D eigenvalue weighted by Gasteiger charge is -2.30. The number of hydrogen-bond donors (Lipinski definition) is 2. The fourth-order valence-electron chi connectivity index (χ4n) is 5.07. The molecular weight excluding hydrogens is 416 g/mol. The number of nitrogens with zero attached hydrogens (tertiary/aromatic N) is 1. The second kappa shape index (κ2) is 9.98. The number of aliphatic hydroxyl groups is 1. The molecule has 1 fully saturated rings. The molecule has 1 aromatic heterocycles. The summed E-state index contributed by atoms with van der Waals surface area (Å²) >= 11 is 0. The van der Waals surface area contributed by atoms with Crippen molar-refractivity contribution < 1.29 is 19.3 Å². The largest absolute Gasteiger partial charge is 0.497 e. The van der Waals surface area contributed by atoms with E-state index in [4.69, 9.17) is 14.2 Å². The van der Waals surface area contributed by atoms with Gasteiger partial charge in [-0.1, -0.05) is 6.07 Å². The van der Waals surface area contributed by atoms with Crippen LogP contribution in [0.2, 0.25) is 0 Å². The third-order valence-corrected chi connectivity index (χ3v) is 6.95. The second-order valence-corrected chi connectivity index (χ2v) is 9.11. The van der Waals surface area contributed by atoms with Crippen LogP contribution in [-0.4, -0.2) is 36.5 Å². The van der Waals surface area contributed by atoms with Gasteiger partial charge >= 0.3 is 0 Å². The minimum atomic E-state index is -0.491. The summed E-state index contributed by atoms with van der Waals surface area (Å²) in [6.07, 6.45) is 6.59. The second-order valence-electron chi connectivity index (χ2n) is 9.11. The number of benzene rings is 2. The molecule has 3 aromatic rings. The maximum atomic E-state index is 11.0. The molecule has 1 saturated carbocycles. The summed E-state index contributed by atoms with van der Waals surface area (Å²) in [5.41, 5.74) is 3.05. The maximum absolute atomic E-state index is 11.0. The molecule has 1 aliphatic heterocycles. The van der Waals surface area contributed by atoms with Gasteiger partial charge in [0.2, 0.25) is 0 Å². The van der Waals surface area contributed by atoms with Crippen LogP contribution >= 0.6 is 0 Å². The van der Waals surface area contributed by atoms with E-state index in [1.165, 1.54) is 5.56 Å². The minimum Gasteiger partial charge on any atom is -0.497 e. The van der Waals surface area contributed by atoms with Gasteiger partial charge in [-0.3, -0.25) is 4.98 Å². The molecule has 2 heterocycles. The van der Waals surface area contributed by atoms with Crippen LogP contribution in [0.25, 0.3) is 10.9 Å². The van der Waals surface area contributed by atoms with Crippen molar-refractivity contribution in [3.8, 4) is 17.2 Å². The maximum Gasteiger partial charge on any atom is 0.161 e. The van der Waals surface area contributed by atoms with E-state index in [-0.39, 0.29) is 0 Å². The first-order valence-corrected chi connectivity index (χ1v) is 11.9. The lowest BCUT2D eigenvalue weighted by atomic mass is 9.81. The van der Waals surface area contributed by atoms with E-state index in [9.17, 15) is 5.11 Å². The predicted molar refractivity (Wildman–Crippen MR) is 128 cm³/mol. The summed E-state index contributed by atoms with van der Waals surface area (Å²) in [5.74, 6) is 3.00. The van der Waals surface area contributed by atoms with Crippen molar-refractivity contribution in [1.29, 1.82) is 0 Å². The molecule has 5 rings (SSSR count). The van der Waals surface area contributed by atoms with Gasteiger partial charge in [-0.05, 0) is 85.5 Å². The molecule has 1 unspecified atom stereocenters. The predicted octanol–water partition coefficient (Wildman–Crippen LogP) is 4.79. The number of methoxy groups -OCH3 is 1. The molecule has 0 spiro atoms. The van der Waals surface area contributed by atoms with Gasteiger partial charge in [-0.25, -0.2) is 0 Å². The average Bonchev–Trinajstić information content (AvgIpc) is 2.87. The Morgan fingerprint density at radius 1 is 1.03 bits per heavy atom. The molecule has 0 amide bonds. The van der Waals surface area contributed by atoms with Crippen LogP contribution in [0.4, 0.5) is 0 Å². The zero-order chi connectivity index (χ0) is 22.6. The zero-order valence-corrected chi connectivity index (χ0v) is 19.1. The topological polar surface area (TPSA) is 72.8 Å². The molecule has 174 valence electrons. The monoisotopic (exact) mass is 448 g/mol. The van der Waals surface area contributed by atoms with Gasteiger partial charge in [0.25, 0.3) is 0 Å². The molecule has 2 aromatic carbocycles. The summed E-state index contributed by atoms with van der Waals surface area (Å²) in [4.78, 5) is 4.44. The first-order valence-electron chi connectivity index (χ1n) is 11.9. The van der Waals surface area contributed by atoms with Crippen LogP contribution in [-0.2, 0) is 6.54 Å². The van der Waals surface area contributed by atoms with E-state index in [0.29, 0.717) is 25.2 Å². The van der Waals surface area contributed by atoms with Crippen molar-refractivity contribution in [3.63, 3.8) is 0 Å². The lowest BCUT2D eigenvalue weighted by molar-refractivity contribution is 0.127. The molecule has 0 radical (unpaired) electrons. The highest BCUT2D eigenvalue weighted by molar-refractivity contribution is 5.83. The molecule has 0 bridgehead atoms. The Kier molecular flexibility index (Phi) is 6.65. The third kappa shape index (κ3) is 5.07. The van der Waals surface area contributed by atoms with Gasteiger partial charge in [0.15, 0.2) is 11.5 Å². The number of ether oxygens (including phenoxy) is 3. The molecule has 1 atom stereocenters. The Hall–Kier alpha value is -2.83. The standard InChI is InChI=1S/C27H32N2O4/c1-31-21-7-8-24-23(16-21)22(10-11-28-24)25(30)14-18-2-5-20(6-3-18)29-17-19-4-9-26-27(15-19)33-13-12-32-26/h4,7-11,15-16,18,20,25,29-30H,2-3,5-6,12-14,17H2,1H3. The van der Waals surface area contributed by atoms with Gasteiger partial charge < -0.3 is 24.6 Å². The fourth-order valence-corrected chi connectivity index (χ4v) is 5.07. The zero-order valence-electron chi connectivity index (χ0n) is 19.1. The van der Waals surface area contributed by atoms with Crippen molar-refractivity contribution in [2.45, 2.75) is 50.8 Å². The number of pyridine rings is 1. The average molecular weight is 449 g/mol. The molecule has 2 aliphatic rings. The number of fused-ring (bicyclic) bond motifs is 2. The van der Waals surface area contributed by atoms with E-state index in [1.807, 2.05) is 30.3 Å². The van der Waals surface area contributed by atoms with E-state index >= 15 is 0 Å². The SMILES string of the molecule is COc1ccc2nccc(C(O)CC3CCC(NCc4ccc5c(c4)OCCO5)CC3)c2c1. The number of aliphatic hydroxyl groups excluding tert-OH is 1. The molecule has 0 saturated heterocycles. The Morgan fingerprint density at radius 2 is 1.85 bits per heavy atom. The Balaban J connectivity index is 1.14. The summed E-state index contributed by atoms with van der Waals surface area (Å²) in [7, 11) is 1.66. The Labute approximate surface area is 194 Å². The van der Waals surface area contributed by atoms with Crippen LogP contribution in [0, 0.1) is 5.92 Å². The summed E-state index contributed by atoms with van der Waals surface area (Å²) in [6, 6.07) is 14.5. The molecule has 6 nitrogen and oxygen atoms in total. The highest BCUT2D eigenvalue weighted by atomic mass is 16.6. The molecular formula is C27H32N2O4. The third-order valence-electron chi connectivity index (χ3n) is 6.95. The molecule has 6 heteroatoms. The van der Waals surface area contributed by atoms with E-state index < -0.39 is 6.10 Å². The van der Waals surface area contributed by atoms with Crippen LogP contribution in [0.15, 0.2) is 48.7 Å². The van der Waals surface area contributed by atoms with E-state index in [0.717, 1.165) is 72.4 Å². The Bertz CT molecular complexity index is 1090. The van der Waals surface area contributed by atoms with Crippen molar-refractivity contribution in [1.82, 2.24) is 10.3 Å². The number of aromatic nitrogens is 1. The smallest absolute Gasteiger partial charge is 0.161 e. The summed E-state index contributed by atoms with van der Waals surface area (Å²) in [5, 5.41) is 15.7. The summed E-state index contributed by atoms with van der Waals surface area (Å²) in [6.45, 7) is 2.07. The van der Waals surface area contributed by atoms with Gasteiger partial charge in [-0.2, -0.15) is 0 Å². The fraction of sp³-hybridized carbons (Fsp3) is 0.444. The van der Waals surface area contributed by atoms with E-state index in [2.05, 4.69) is 22.4 Å². The highest BCUT2D eigenvalue weighted by Gasteiger charge is 2.24. The van der Waals surface area contributed by atoms with Crippen LogP contribution in [0.5, 0.6) is 17.2 Å². The number of hydrogen-bond acceptors (Lipinski definition) is 6. The van der Waals surface area contributed by atoms with Crippen LogP contribution < -0.4 is 19.5 Å². The minimum absolute atomic E-state index is 0.491. The molecule has 33 heavy (non-hydrogen) atoms. The quantitative estimate of drug-likeness (QED) is 0.542. The van der Waals surface area contributed by atoms with Crippen molar-refractivity contribution in [2.24, 2.45) is 5.92 Å². The highest BCUT2D eigenvalue weighted by Crippen LogP contribution is 2.35. The number of nitrogens with one attached hydrogen (secondary N) is 1. The van der Waals surface area contributed by atoms with Crippen LogP contribution in [0.3, 0.4) is 0 Å². The van der Waals surface area contributed by atoms with Crippen LogP contribution in [0.1, 0.15) is 49.3 Å². The van der Waals surface area contributed by atoms with Crippen molar-refractivity contribution in [3.05, 3.63) is 59.8 Å². The number of rotatable bonds is 7. The summed E-state index contributed by atoms with van der Waals surface area (Å²) < 4.78 is 16.7. The van der Waals surface area contributed by atoms with Crippen molar-refractivity contribution >= 4 is 10.9 Å². The first-order chi connectivity index (χ1) is 16.2. The van der Waals surface area contributed by atoms with Gasteiger partial charge in [-0.15, -0.1) is 0 Å². The van der Waals surface area contributed by atoms with E-state index in [1.54, 1.807) is 13.3 Å². The Morgan fingerprint density at radius 3 is 2.67 bits per heavy atom. The lowest BCUT2D eigenvalue weighted by Crippen LogP contribution is -2.33. The van der Waals surface area contributed by atoms with Gasteiger partial charge in [0, 0.05) is 24.2 Å². The molecule has 1 aliphatic carbocycles. The normalized spacial score (nSPS) is 21.0. The van der Waals surface area contributed by atoms with Gasteiger partial charge in [0.05, 0.1) is 18.7 Å². The molecule has 2 N–H and O–H groups in total. The van der Waals surface area contributed by atoms with Gasteiger partial charge in [0.1, 0.15) is 19.0 Å². The first kappa shape index (κ1) is 22.0. The van der Waals surface area contributed by atoms with Crippen molar-refractivity contribution in [2.75, 3.05) is 20.3 Å².